The second-order valence-corrected chi connectivity index (χ2v) is 7.87. The van der Waals surface area contributed by atoms with Crippen LogP contribution < -0.4 is 15.1 Å². The maximum absolute atomic E-state index is 13.4. The number of halogens is 1. The first kappa shape index (κ1) is 22.9. The van der Waals surface area contributed by atoms with Crippen LogP contribution in [0.5, 0.6) is 0 Å². The van der Waals surface area contributed by atoms with E-state index in [0.29, 0.717) is 13.0 Å². The van der Waals surface area contributed by atoms with Gasteiger partial charge in [0, 0.05) is 38.4 Å². The highest BCUT2D eigenvalue weighted by atomic mass is 35.5. The molecule has 0 spiro atoms. The van der Waals surface area contributed by atoms with Crippen molar-refractivity contribution in [2.24, 2.45) is 5.41 Å². The Morgan fingerprint density at radius 2 is 1.38 bits per heavy atom. The van der Waals surface area contributed by atoms with E-state index in [1.165, 1.54) is 0 Å². The second kappa shape index (κ2) is 9.42. The summed E-state index contributed by atoms with van der Waals surface area (Å²) in [6.45, 7) is 5.31. The van der Waals surface area contributed by atoms with Crippen LogP contribution in [0, 0.1) is 19.3 Å². The van der Waals surface area contributed by atoms with Crippen molar-refractivity contribution in [3.8, 4) is 0 Å². The van der Waals surface area contributed by atoms with Crippen LogP contribution in [0.4, 0.5) is 11.4 Å². The van der Waals surface area contributed by atoms with Crippen molar-refractivity contribution in [2.45, 2.75) is 26.7 Å². The van der Waals surface area contributed by atoms with E-state index in [9.17, 15) is 9.59 Å². The van der Waals surface area contributed by atoms with Crippen molar-refractivity contribution in [3.63, 3.8) is 0 Å². The van der Waals surface area contributed by atoms with Gasteiger partial charge in [0.2, 0.25) is 11.8 Å². The fourth-order valence-corrected chi connectivity index (χ4v) is 3.71. The third kappa shape index (κ3) is 4.98. The Morgan fingerprint density at radius 3 is 1.83 bits per heavy atom. The van der Waals surface area contributed by atoms with Gasteiger partial charge in [-0.2, -0.15) is 0 Å². The van der Waals surface area contributed by atoms with Crippen LogP contribution in [-0.4, -0.2) is 39.0 Å². The maximum atomic E-state index is 13.4. The monoisotopic (exact) mass is 415 g/mol. The second-order valence-electron chi connectivity index (χ2n) is 7.87. The van der Waals surface area contributed by atoms with Gasteiger partial charge in [0.1, 0.15) is 0 Å². The van der Waals surface area contributed by atoms with E-state index < -0.39 is 5.41 Å². The van der Waals surface area contributed by atoms with Gasteiger partial charge in [0.15, 0.2) is 0 Å². The molecule has 0 bridgehead atoms. The van der Waals surface area contributed by atoms with Crippen molar-refractivity contribution >= 4 is 35.6 Å². The first-order chi connectivity index (χ1) is 13.3. The molecular formula is C23H30ClN3O2. The molecule has 6 heteroatoms. The lowest BCUT2D eigenvalue weighted by Crippen LogP contribution is -2.47. The fraction of sp³-hybridized carbons (Fsp3) is 0.391. The van der Waals surface area contributed by atoms with Gasteiger partial charge in [0.25, 0.3) is 0 Å². The summed E-state index contributed by atoms with van der Waals surface area (Å²) >= 11 is 0. The minimum atomic E-state index is -0.713. The normalized spacial score (nSPS) is 18.1. The average Bonchev–Trinajstić information content (AvgIpc) is 3.17. The van der Waals surface area contributed by atoms with Crippen LogP contribution in [0.2, 0.25) is 0 Å². The fourth-order valence-electron chi connectivity index (χ4n) is 3.71. The highest BCUT2D eigenvalue weighted by Gasteiger charge is 2.45. The molecule has 0 radical (unpaired) electrons. The summed E-state index contributed by atoms with van der Waals surface area (Å²) in [6.07, 6.45) is 0.856. The van der Waals surface area contributed by atoms with Crippen molar-refractivity contribution in [2.75, 3.05) is 37.0 Å². The molecule has 1 heterocycles. The molecule has 1 atom stereocenters. The Balaban J connectivity index is 0.00000300. The summed E-state index contributed by atoms with van der Waals surface area (Å²) in [7, 11) is 3.57. The third-order valence-corrected chi connectivity index (χ3v) is 5.71. The number of aryl methyl sites for hydroxylation is 2. The SMILES string of the molecule is Cc1ccc(N(C)C(=O)CC2(C(=O)N(C)c3ccc(C)cc3)CCNC2)cc1.Cl. The molecule has 1 saturated heterocycles. The van der Waals surface area contributed by atoms with Crippen molar-refractivity contribution < 1.29 is 9.59 Å². The highest BCUT2D eigenvalue weighted by molar-refractivity contribution is 6.02. The van der Waals surface area contributed by atoms with Gasteiger partial charge < -0.3 is 15.1 Å². The molecule has 1 aliphatic rings. The standard InChI is InChI=1S/C23H29N3O2.ClH/c1-17-5-9-19(10-6-17)25(3)21(27)15-23(13-14-24-16-23)22(28)26(4)20-11-7-18(2)8-12-20;/h5-12,24H,13-16H2,1-4H3;1H. The summed E-state index contributed by atoms with van der Waals surface area (Å²) in [5, 5.41) is 3.28. The zero-order valence-electron chi connectivity index (χ0n) is 17.6. The van der Waals surface area contributed by atoms with Crippen LogP contribution in [0.15, 0.2) is 48.5 Å². The predicted molar refractivity (Wildman–Crippen MR) is 121 cm³/mol. The Bertz CT molecular complexity index is 843. The van der Waals surface area contributed by atoms with E-state index in [4.69, 9.17) is 0 Å². The van der Waals surface area contributed by atoms with E-state index in [1.54, 1.807) is 23.9 Å². The van der Waals surface area contributed by atoms with Gasteiger partial charge in [-0.3, -0.25) is 9.59 Å². The number of carbonyl (C=O) groups is 2. The lowest BCUT2D eigenvalue weighted by Gasteiger charge is -2.33. The summed E-state index contributed by atoms with van der Waals surface area (Å²) in [5.74, 6) is -0.0507. The minimum Gasteiger partial charge on any atom is -0.316 e. The van der Waals surface area contributed by atoms with E-state index in [1.807, 2.05) is 62.4 Å². The molecule has 156 valence electrons. The number of hydrogen-bond donors (Lipinski definition) is 1. The number of hydrogen-bond acceptors (Lipinski definition) is 3. The van der Waals surface area contributed by atoms with Crippen molar-refractivity contribution in [1.82, 2.24) is 5.32 Å². The molecule has 1 unspecified atom stereocenters. The number of benzene rings is 2. The molecule has 1 N–H and O–H groups in total. The van der Waals surface area contributed by atoms with Crippen LogP contribution in [0.3, 0.4) is 0 Å². The molecule has 2 amide bonds. The van der Waals surface area contributed by atoms with Crippen LogP contribution in [0.1, 0.15) is 24.0 Å². The van der Waals surface area contributed by atoms with Crippen molar-refractivity contribution in [1.29, 1.82) is 0 Å². The smallest absolute Gasteiger partial charge is 0.234 e. The summed E-state index contributed by atoms with van der Waals surface area (Å²) in [4.78, 5) is 29.8. The molecular weight excluding hydrogens is 386 g/mol. The zero-order valence-corrected chi connectivity index (χ0v) is 18.4. The van der Waals surface area contributed by atoms with E-state index in [2.05, 4.69) is 5.32 Å². The quantitative estimate of drug-likeness (QED) is 0.809. The number of anilines is 2. The van der Waals surface area contributed by atoms with Gasteiger partial charge in [-0.1, -0.05) is 35.4 Å². The molecule has 0 aromatic heterocycles. The lowest BCUT2D eigenvalue weighted by atomic mass is 9.81. The molecule has 5 nitrogen and oxygen atoms in total. The third-order valence-electron chi connectivity index (χ3n) is 5.71. The van der Waals surface area contributed by atoms with Gasteiger partial charge in [-0.05, 0) is 51.1 Å². The number of nitrogens with zero attached hydrogens (tertiary/aromatic N) is 2. The number of rotatable bonds is 5. The summed E-state index contributed by atoms with van der Waals surface area (Å²) in [6, 6.07) is 15.7. The largest absolute Gasteiger partial charge is 0.316 e. The lowest BCUT2D eigenvalue weighted by molar-refractivity contribution is -0.132. The van der Waals surface area contributed by atoms with E-state index >= 15 is 0 Å². The molecule has 1 fully saturated rings. The van der Waals surface area contributed by atoms with Crippen molar-refractivity contribution in [3.05, 3.63) is 59.7 Å². The predicted octanol–water partition coefficient (Wildman–Crippen LogP) is 3.72. The van der Waals surface area contributed by atoms with E-state index in [0.717, 1.165) is 29.0 Å². The van der Waals surface area contributed by atoms with Crippen LogP contribution in [0.25, 0.3) is 0 Å². The maximum Gasteiger partial charge on any atom is 0.234 e. The molecule has 3 rings (SSSR count). The number of carbonyl (C=O) groups excluding carboxylic acids is 2. The molecule has 1 aliphatic heterocycles. The van der Waals surface area contributed by atoms with E-state index in [-0.39, 0.29) is 30.6 Å². The molecule has 29 heavy (non-hydrogen) atoms. The topological polar surface area (TPSA) is 52.7 Å². The number of amides is 2. The van der Waals surface area contributed by atoms with Gasteiger partial charge in [-0.25, -0.2) is 0 Å². The van der Waals surface area contributed by atoms with Gasteiger partial charge in [-0.15, -0.1) is 12.4 Å². The Labute approximate surface area is 179 Å². The zero-order chi connectivity index (χ0) is 20.3. The Kier molecular flexibility index (Phi) is 7.44. The summed E-state index contributed by atoms with van der Waals surface area (Å²) in [5.41, 5.74) is 3.28. The molecule has 2 aromatic rings. The Hall–Kier alpha value is -2.37. The van der Waals surface area contributed by atoms with Crippen LogP contribution in [-0.2, 0) is 9.59 Å². The molecule has 0 saturated carbocycles. The first-order valence-corrected chi connectivity index (χ1v) is 9.71. The molecule has 2 aromatic carbocycles. The van der Waals surface area contributed by atoms with Gasteiger partial charge >= 0.3 is 0 Å². The average molecular weight is 416 g/mol. The summed E-state index contributed by atoms with van der Waals surface area (Å²) < 4.78 is 0. The minimum absolute atomic E-state index is 0. The first-order valence-electron chi connectivity index (χ1n) is 9.71. The Morgan fingerprint density at radius 1 is 0.897 bits per heavy atom. The highest BCUT2D eigenvalue weighted by Crippen LogP contribution is 2.34. The van der Waals surface area contributed by atoms with Crippen LogP contribution >= 0.6 is 12.4 Å². The molecule has 0 aliphatic carbocycles. The number of nitrogens with one attached hydrogen (secondary N) is 1. The van der Waals surface area contributed by atoms with Gasteiger partial charge in [0.05, 0.1) is 5.41 Å².